The fourth-order valence-electron chi connectivity index (χ4n) is 2.18. The number of rotatable bonds is 4. The third-order valence-corrected chi connectivity index (χ3v) is 3.16. The van der Waals surface area contributed by atoms with Gasteiger partial charge in [-0.2, -0.15) is 5.10 Å². The van der Waals surface area contributed by atoms with Crippen LogP contribution in [0.1, 0.15) is 16.2 Å². The Morgan fingerprint density at radius 3 is 2.74 bits per heavy atom. The lowest BCUT2D eigenvalue weighted by Crippen LogP contribution is -2.46. The van der Waals surface area contributed by atoms with E-state index in [1.807, 2.05) is 6.92 Å². The van der Waals surface area contributed by atoms with Crippen molar-refractivity contribution in [2.45, 2.75) is 6.92 Å². The number of amides is 1. The van der Waals surface area contributed by atoms with Crippen molar-refractivity contribution >= 4 is 18.3 Å². The molecule has 0 radical (unpaired) electrons. The van der Waals surface area contributed by atoms with Crippen LogP contribution >= 0.6 is 12.4 Å². The molecule has 1 saturated heterocycles. The van der Waals surface area contributed by atoms with E-state index in [9.17, 15) is 4.79 Å². The molecule has 0 bridgehead atoms. The molecule has 1 aromatic heterocycles. The molecule has 2 rings (SSSR count). The quantitative estimate of drug-likeness (QED) is 0.804. The molecule has 6 nitrogen and oxygen atoms in total. The molecule has 2 N–H and O–H groups in total. The summed E-state index contributed by atoms with van der Waals surface area (Å²) >= 11 is 0. The van der Waals surface area contributed by atoms with E-state index < -0.39 is 0 Å². The minimum atomic E-state index is -0.0479. The maximum Gasteiger partial charge on any atom is 0.269 e. The summed E-state index contributed by atoms with van der Waals surface area (Å²) in [5.41, 5.74) is 1.48. The van der Waals surface area contributed by atoms with Crippen molar-refractivity contribution in [3.8, 4) is 0 Å². The second kappa shape index (κ2) is 7.47. The number of carbonyl (C=O) groups excluding carboxylic acids is 1. The van der Waals surface area contributed by atoms with Gasteiger partial charge in [-0.05, 0) is 13.0 Å². The van der Waals surface area contributed by atoms with Crippen molar-refractivity contribution in [1.82, 2.24) is 25.3 Å². The number of hydrogen-bond acceptors (Lipinski definition) is 4. The molecule has 1 aromatic rings. The maximum atomic E-state index is 11.9. The standard InChI is InChI=1S/C12H21N5O.ClH/c1-10-9-11(16(2)15-10)12(18)14-5-8-17-6-3-13-4-7-17;/h9,13H,3-8H2,1-2H3,(H,14,18);1H. The summed E-state index contributed by atoms with van der Waals surface area (Å²) < 4.78 is 1.62. The summed E-state index contributed by atoms with van der Waals surface area (Å²) in [4.78, 5) is 14.3. The molecule has 0 aliphatic carbocycles. The Balaban J connectivity index is 0.00000180. The summed E-state index contributed by atoms with van der Waals surface area (Å²) in [6, 6.07) is 1.81. The Kier molecular flexibility index (Phi) is 6.27. The SMILES string of the molecule is Cc1cc(C(=O)NCCN2CCNCC2)n(C)n1.Cl. The lowest BCUT2D eigenvalue weighted by molar-refractivity contribution is 0.0938. The Morgan fingerprint density at radius 2 is 2.16 bits per heavy atom. The monoisotopic (exact) mass is 287 g/mol. The molecule has 1 aliphatic heterocycles. The number of piperazine rings is 1. The van der Waals surface area contributed by atoms with Crippen molar-refractivity contribution in [1.29, 1.82) is 0 Å². The average Bonchev–Trinajstić information content (AvgIpc) is 2.70. The topological polar surface area (TPSA) is 62.2 Å². The highest BCUT2D eigenvalue weighted by atomic mass is 35.5. The van der Waals surface area contributed by atoms with E-state index in [1.54, 1.807) is 17.8 Å². The first-order valence-electron chi connectivity index (χ1n) is 6.39. The number of aryl methyl sites for hydroxylation is 2. The van der Waals surface area contributed by atoms with Crippen LogP contribution in [-0.4, -0.2) is 59.9 Å². The van der Waals surface area contributed by atoms with Crippen molar-refractivity contribution in [3.05, 3.63) is 17.5 Å². The van der Waals surface area contributed by atoms with Crippen molar-refractivity contribution in [2.24, 2.45) is 7.05 Å². The van der Waals surface area contributed by atoms with Gasteiger partial charge in [0.1, 0.15) is 5.69 Å². The van der Waals surface area contributed by atoms with Gasteiger partial charge in [-0.3, -0.25) is 14.4 Å². The normalized spacial score (nSPS) is 15.9. The first-order valence-corrected chi connectivity index (χ1v) is 6.39. The minimum absolute atomic E-state index is 0. The summed E-state index contributed by atoms with van der Waals surface area (Å²) in [5, 5.41) is 10.4. The number of nitrogens with zero attached hydrogens (tertiary/aromatic N) is 3. The first kappa shape index (κ1) is 15.9. The van der Waals surface area contributed by atoms with Crippen LogP contribution in [0.5, 0.6) is 0 Å². The number of nitrogens with one attached hydrogen (secondary N) is 2. The summed E-state index contributed by atoms with van der Waals surface area (Å²) in [6.07, 6.45) is 0. The average molecular weight is 288 g/mol. The van der Waals surface area contributed by atoms with E-state index in [4.69, 9.17) is 0 Å². The maximum absolute atomic E-state index is 11.9. The van der Waals surface area contributed by atoms with E-state index in [2.05, 4.69) is 20.6 Å². The van der Waals surface area contributed by atoms with Gasteiger partial charge in [-0.15, -0.1) is 12.4 Å². The number of hydrogen-bond donors (Lipinski definition) is 2. The Bertz CT molecular complexity index is 414. The molecule has 0 aromatic carbocycles. The van der Waals surface area contributed by atoms with Gasteiger partial charge < -0.3 is 10.6 Å². The van der Waals surface area contributed by atoms with E-state index in [0.717, 1.165) is 38.4 Å². The molecule has 0 unspecified atom stereocenters. The van der Waals surface area contributed by atoms with Gasteiger partial charge in [-0.1, -0.05) is 0 Å². The van der Waals surface area contributed by atoms with Crippen LogP contribution in [0.25, 0.3) is 0 Å². The van der Waals surface area contributed by atoms with Crippen LogP contribution in [0, 0.1) is 6.92 Å². The molecule has 108 valence electrons. The van der Waals surface area contributed by atoms with Crippen LogP contribution in [0.4, 0.5) is 0 Å². The Hall–Kier alpha value is -1.11. The van der Waals surface area contributed by atoms with E-state index in [1.165, 1.54) is 0 Å². The minimum Gasteiger partial charge on any atom is -0.349 e. The predicted octanol–water partition coefficient (Wildman–Crippen LogP) is -0.215. The molecular weight excluding hydrogens is 266 g/mol. The largest absolute Gasteiger partial charge is 0.349 e. The zero-order chi connectivity index (χ0) is 13.0. The molecule has 0 atom stereocenters. The van der Waals surface area contributed by atoms with Gasteiger partial charge in [0.2, 0.25) is 0 Å². The summed E-state index contributed by atoms with van der Waals surface area (Å²) in [6.45, 7) is 7.66. The number of carbonyl (C=O) groups is 1. The van der Waals surface area contributed by atoms with Crippen molar-refractivity contribution in [3.63, 3.8) is 0 Å². The van der Waals surface area contributed by atoms with Gasteiger partial charge >= 0.3 is 0 Å². The van der Waals surface area contributed by atoms with Crippen molar-refractivity contribution < 1.29 is 4.79 Å². The second-order valence-corrected chi connectivity index (χ2v) is 4.64. The highest BCUT2D eigenvalue weighted by molar-refractivity contribution is 5.92. The van der Waals surface area contributed by atoms with Crippen LogP contribution in [-0.2, 0) is 7.05 Å². The van der Waals surface area contributed by atoms with Crippen LogP contribution in [0.3, 0.4) is 0 Å². The molecular formula is C12H22ClN5O. The third kappa shape index (κ3) is 4.49. The highest BCUT2D eigenvalue weighted by Crippen LogP contribution is 2.01. The molecule has 0 spiro atoms. The molecule has 7 heteroatoms. The van der Waals surface area contributed by atoms with E-state index in [-0.39, 0.29) is 18.3 Å². The van der Waals surface area contributed by atoms with Gasteiger partial charge in [0.15, 0.2) is 0 Å². The molecule has 19 heavy (non-hydrogen) atoms. The second-order valence-electron chi connectivity index (χ2n) is 4.64. The molecule has 1 fully saturated rings. The lowest BCUT2D eigenvalue weighted by Gasteiger charge is -2.27. The van der Waals surface area contributed by atoms with Gasteiger partial charge in [0, 0.05) is 46.3 Å². The zero-order valence-corrected chi connectivity index (χ0v) is 12.3. The number of halogens is 1. The van der Waals surface area contributed by atoms with E-state index in [0.29, 0.717) is 12.2 Å². The van der Waals surface area contributed by atoms with Crippen LogP contribution < -0.4 is 10.6 Å². The predicted molar refractivity (Wildman–Crippen MR) is 76.8 cm³/mol. The molecule has 0 saturated carbocycles. The lowest BCUT2D eigenvalue weighted by atomic mass is 10.3. The molecule has 1 aliphatic rings. The fourth-order valence-corrected chi connectivity index (χ4v) is 2.18. The zero-order valence-electron chi connectivity index (χ0n) is 11.5. The number of aromatic nitrogens is 2. The molecule has 2 heterocycles. The van der Waals surface area contributed by atoms with Gasteiger partial charge in [-0.25, -0.2) is 0 Å². The van der Waals surface area contributed by atoms with Crippen LogP contribution in [0.2, 0.25) is 0 Å². The summed E-state index contributed by atoms with van der Waals surface area (Å²) in [5.74, 6) is -0.0479. The Labute approximate surface area is 119 Å². The molecule has 1 amide bonds. The third-order valence-electron chi connectivity index (χ3n) is 3.16. The fraction of sp³-hybridized carbons (Fsp3) is 0.667. The van der Waals surface area contributed by atoms with E-state index >= 15 is 0 Å². The highest BCUT2D eigenvalue weighted by Gasteiger charge is 2.12. The van der Waals surface area contributed by atoms with Gasteiger partial charge in [0.25, 0.3) is 5.91 Å². The van der Waals surface area contributed by atoms with Crippen LogP contribution in [0.15, 0.2) is 6.07 Å². The summed E-state index contributed by atoms with van der Waals surface area (Å²) in [7, 11) is 1.79. The van der Waals surface area contributed by atoms with Gasteiger partial charge in [0.05, 0.1) is 5.69 Å². The first-order chi connectivity index (χ1) is 8.66. The Morgan fingerprint density at radius 1 is 1.47 bits per heavy atom. The smallest absolute Gasteiger partial charge is 0.269 e. The van der Waals surface area contributed by atoms with Crippen molar-refractivity contribution in [2.75, 3.05) is 39.3 Å².